The van der Waals surface area contributed by atoms with Crippen molar-refractivity contribution >= 4 is 17.4 Å². The first-order valence-electron chi connectivity index (χ1n) is 10.0. The molecule has 1 heterocycles. The highest BCUT2D eigenvalue weighted by Gasteiger charge is 2.26. The van der Waals surface area contributed by atoms with Crippen LogP contribution in [0.15, 0.2) is 53.3 Å². The van der Waals surface area contributed by atoms with E-state index in [1.165, 1.54) is 49.1 Å². The van der Waals surface area contributed by atoms with Crippen molar-refractivity contribution in [2.24, 2.45) is 0 Å². The Labute approximate surface area is 183 Å². The lowest BCUT2D eigenvalue weighted by atomic mass is 9.92. The van der Waals surface area contributed by atoms with Crippen molar-refractivity contribution in [1.29, 1.82) is 0 Å². The van der Waals surface area contributed by atoms with Gasteiger partial charge in [-0.3, -0.25) is 19.0 Å². The van der Waals surface area contributed by atoms with Gasteiger partial charge in [0, 0.05) is 29.4 Å². The number of ketones is 1. The smallest absolute Gasteiger partial charge is 0.268 e. The number of carbonyl (C=O) groups is 2. The van der Waals surface area contributed by atoms with Crippen LogP contribution in [-0.4, -0.2) is 30.5 Å². The third-order valence-electron chi connectivity index (χ3n) is 5.41. The summed E-state index contributed by atoms with van der Waals surface area (Å²) in [6.07, 6.45) is 1.43. The molecule has 0 spiro atoms. The molecular weight excluding hydrogens is 415 g/mol. The number of methoxy groups -OCH3 is 2. The molecule has 8 heteroatoms. The van der Waals surface area contributed by atoms with Crippen molar-refractivity contribution in [2.75, 3.05) is 19.5 Å². The van der Waals surface area contributed by atoms with Crippen molar-refractivity contribution in [3.8, 4) is 17.2 Å². The van der Waals surface area contributed by atoms with Crippen molar-refractivity contribution in [3.05, 3.63) is 81.5 Å². The first-order valence-corrected chi connectivity index (χ1v) is 10.0. The molecule has 164 valence electrons. The van der Waals surface area contributed by atoms with Crippen LogP contribution < -0.4 is 20.3 Å². The number of ether oxygens (including phenoxy) is 2. The van der Waals surface area contributed by atoms with Gasteiger partial charge in [-0.15, -0.1) is 0 Å². The zero-order valence-corrected chi connectivity index (χ0v) is 17.6. The minimum atomic E-state index is -0.696. The van der Waals surface area contributed by atoms with Gasteiger partial charge in [-0.1, -0.05) is 0 Å². The standard InChI is InChI=1S/C24H21FN2O5/c1-31-16-10-11-22(32-2)19(12-16)26-23(29)18-13-17-20(4-3-5-21(17)28)27(24(18)30)15-8-6-14(25)7-9-15/h6-13H,3-5H2,1-2H3,(H,26,29). The van der Waals surface area contributed by atoms with Gasteiger partial charge in [-0.05, 0) is 55.3 Å². The Balaban J connectivity index is 1.85. The lowest BCUT2D eigenvalue weighted by Gasteiger charge is -2.22. The van der Waals surface area contributed by atoms with Crippen molar-refractivity contribution in [1.82, 2.24) is 4.57 Å². The molecule has 1 aliphatic carbocycles. The van der Waals surface area contributed by atoms with Crippen LogP contribution in [0.5, 0.6) is 11.5 Å². The molecular formula is C24H21FN2O5. The Morgan fingerprint density at radius 1 is 1.00 bits per heavy atom. The van der Waals surface area contributed by atoms with Gasteiger partial charge in [0.2, 0.25) is 0 Å². The molecule has 1 aromatic heterocycles. The predicted molar refractivity (Wildman–Crippen MR) is 117 cm³/mol. The molecule has 0 radical (unpaired) electrons. The van der Waals surface area contributed by atoms with E-state index < -0.39 is 17.3 Å². The van der Waals surface area contributed by atoms with Gasteiger partial charge in [0.25, 0.3) is 11.5 Å². The molecule has 0 bridgehead atoms. The number of carbonyl (C=O) groups excluding carboxylic acids is 2. The number of hydrogen-bond acceptors (Lipinski definition) is 5. The van der Waals surface area contributed by atoms with Gasteiger partial charge < -0.3 is 14.8 Å². The number of halogens is 1. The largest absolute Gasteiger partial charge is 0.497 e. The van der Waals surface area contributed by atoms with E-state index in [9.17, 15) is 18.8 Å². The van der Waals surface area contributed by atoms with Gasteiger partial charge in [-0.2, -0.15) is 0 Å². The number of rotatable bonds is 5. The fraction of sp³-hybridized carbons (Fsp3) is 0.208. The van der Waals surface area contributed by atoms with Crippen LogP contribution in [0.3, 0.4) is 0 Å². The van der Waals surface area contributed by atoms with Gasteiger partial charge in [0.05, 0.1) is 19.9 Å². The minimum absolute atomic E-state index is 0.143. The number of hydrogen-bond donors (Lipinski definition) is 1. The Morgan fingerprint density at radius 3 is 2.44 bits per heavy atom. The predicted octanol–water partition coefficient (Wildman–Crippen LogP) is 3.77. The van der Waals surface area contributed by atoms with Crippen LogP contribution in [0.2, 0.25) is 0 Å². The molecule has 0 saturated carbocycles. The summed E-state index contributed by atoms with van der Waals surface area (Å²) in [6, 6.07) is 11.6. The molecule has 0 aliphatic heterocycles. The fourth-order valence-corrected chi connectivity index (χ4v) is 3.82. The number of nitrogens with one attached hydrogen (secondary N) is 1. The summed E-state index contributed by atoms with van der Waals surface area (Å²) in [5.41, 5.74) is 0.749. The Morgan fingerprint density at radius 2 is 1.75 bits per heavy atom. The van der Waals surface area contributed by atoms with E-state index in [4.69, 9.17) is 9.47 Å². The number of Topliss-reactive ketones (excluding diaryl/α,β-unsaturated/α-hetero) is 1. The maximum atomic E-state index is 13.5. The average Bonchev–Trinajstić information content (AvgIpc) is 2.79. The lowest BCUT2D eigenvalue weighted by Crippen LogP contribution is -2.33. The van der Waals surface area contributed by atoms with Crippen molar-refractivity contribution < 1.29 is 23.5 Å². The number of pyridine rings is 1. The topological polar surface area (TPSA) is 86.6 Å². The molecule has 0 saturated heterocycles. The zero-order chi connectivity index (χ0) is 22.8. The molecule has 1 aliphatic rings. The van der Waals surface area contributed by atoms with E-state index in [0.29, 0.717) is 53.4 Å². The summed E-state index contributed by atoms with van der Waals surface area (Å²) in [5.74, 6) is -0.419. The third-order valence-corrected chi connectivity index (χ3v) is 5.41. The number of nitrogens with zero attached hydrogens (tertiary/aromatic N) is 1. The van der Waals surface area contributed by atoms with Crippen LogP contribution in [0.1, 0.15) is 39.3 Å². The second-order valence-corrected chi connectivity index (χ2v) is 7.33. The van der Waals surface area contributed by atoms with Gasteiger partial charge in [0.1, 0.15) is 22.9 Å². The SMILES string of the molecule is COc1ccc(OC)c(NC(=O)c2cc3c(n(-c4ccc(F)cc4)c2=O)CCCC3=O)c1. The maximum absolute atomic E-state index is 13.5. The molecule has 3 aromatic rings. The molecule has 1 amide bonds. The highest BCUT2D eigenvalue weighted by molar-refractivity contribution is 6.07. The van der Waals surface area contributed by atoms with E-state index in [1.54, 1.807) is 18.2 Å². The van der Waals surface area contributed by atoms with Gasteiger partial charge in [0.15, 0.2) is 5.78 Å². The first-order chi connectivity index (χ1) is 15.4. The quantitative estimate of drug-likeness (QED) is 0.658. The minimum Gasteiger partial charge on any atom is -0.497 e. The summed E-state index contributed by atoms with van der Waals surface area (Å²) < 4.78 is 25.3. The second-order valence-electron chi connectivity index (χ2n) is 7.33. The molecule has 4 rings (SSSR count). The number of fused-ring (bicyclic) bond motifs is 1. The zero-order valence-electron chi connectivity index (χ0n) is 17.6. The molecule has 32 heavy (non-hydrogen) atoms. The van der Waals surface area contributed by atoms with E-state index >= 15 is 0 Å². The van der Waals surface area contributed by atoms with E-state index in [-0.39, 0.29) is 11.3 Å². The highest BCUT2D eigenvalue weighted by Crippen LogP contribution is 2.30. The molecule has 7 nitrogen and oxygen atoms in total. The first kappa shape index (κ1) is 21.3. The van der Waals surface area contributed by atoms with E-state index in [2.05, 4.69) is 5.32 Å². The molecule has 0 fully saturated rings. The summed E-state index contributed by atoms with van der Waals surface area (Å²) in [6.45, 7) is 0. The maximum Gasteiger partial charge on any atom is 0.268 e. The normalized spacial score (nSPS) is 12.8. The van der Waals surface area contributed by atoms with E-state index in [1.807, 2.05) is 0 Å². The molecule has 0 atom stereocenters. The summed E-state index contributed by atoms with van der Waals surface area (Å²) in [4.78, 5) is 39.1. The third kappa shape index (κ3) is 3.87. The van der Waals surface area contributed by atoms with Gasteiger partial charge >= 0.3 is 0 Å². The summed E-state index contributed by atoms with van der Waals surface area (Å²) in [7, 11) is 2.94. The number of anilines is 1. The Hall–Kier alpha value is -3.94. The summed E-state index contributed by atoms with van der Waals surface area (Å²) in [5, 5.41) is 2.67. The fourth-order valence-electron chi connectivity index (χ4n) is 3.82. The summed E-state index contributed by atoms with van der Waals surface area (Å²) >= 11 is 0. The van der Waals surface area contributed by atoms with Crippen LogP contribution in [0.4, 0.5) is 10.1 Å². The number of benzene rings is 2. The molecule has 0 unspecified atom stereocenters. The van der Waals surface area contributed by atoms with Crippen LogP contribution in [-0.2, 0) is 6.42 Å². The van der Waals surface area contributed by atoms with Crippen molar-refractivity contribution in [3.63, 3.8) is 0 Å². The number of aromatic nitrogens is 1. The number of amides is 1. The van der Waals surface area contributed by atoms with Crippen LogP contribution in [0.25, 0.3) is 5.69 Å². The highest BCUT2D eigenvalue weighted by atomic mass is 19.1. The lowest BCUT2D eigenvalue weighted by molar-refractivity contribution is 0.0971. The molecule has 1 N–H and O–H groups in total. The van der Waals surface area contributed by atoms with Crippen molar-refractivity contribution in [2.45, 2.75) is 19.3 Å². The van der Waals surface area contributed by atoms with Crippen LogP contribution in [0, 0.1) is 5.82 Å². The second kappa shape index (κ2) is 8.66. The molecule has 2 aromatic carbocycles. The van der Waals surface area contributed by atoms with Crippen LogP contribution >= 0.6 is 0 Å². The Bertz CT molecular complexity index is 1260. The van der Waals surface area contributed by atoms with E-state index in [0.717, 1.165) is 0 Å². The average molecular weight is 436 g/mol. The Kier molecular flexibility index (Phi) is 5.77. The monoisotopic (exact) mass is 436 g/mol. The van der Waals surface area contributed by atoms with Gasteiger partial charge in [-0.25, -0.2) is 4.39 Å².